The Hall–Kier alpha value is -1.71. The second-order valence-electron chi connectivity index (χ2n) is 7.18. The number of likely N-dealkylation sites (tertiary alicyclic amines) is 1. The maximum absolute atomic E-state index is 3.46. The minimum atomic E-state index is 0.651. The molecule has 3 aromatic rings. The molecule has 1 N–H and O–H groups in total. The highest BCUT2D eigenvalue weighted by molar-refractivity contribution is 7.98. The molecule has 1 unspecified atom stereocenters. The van der Waals surface area contributed by atoms with Gasteiger partial charge in [0.2, 0.25) is 0 Å². The SMILES string of the molecule is CSc1ccc2[nH]cc(CC3CCCN3Cc3ccc(C)cc3)c2c1. The van der Waals surface area contributed by atoms with Gasteiger partial charge < -0.3 is 4.98 Å². The molecule has 2 heterocycles. The summed E-state index contributed by atoms with van der Waals surface area (Å²) in [5.74, 6) is 0. The lowest BCUT2D eigenvalue weighted by Gasteiger charge is -2.24. The minimum absolute atomic E-state index is 0.651. The van der Waals surface area contributed by atoms with Crippen molar-refractivity contribution >= 4 is 22.7 Å². The Labute approximate surface area is 154 Å². The van der Waals surface area contributed by atoms with Crippen LogP contribution < -0.4 is 0 Å². The average molecular weight is 351 g/mol. The Morgan fingerprint density at radius 1 is 1.16 bits per heavy atom. The molecule has 0 saturated carbocycles. The largest absolute Gasteiger partial charge is 0.361 e. The molecule has 1 aliphatic rings. The number of fused-ring (bicyclic) bond motifs is 1. The van der Waals surface area contributed by atoms with E-state index in [1.165, 1.54) is 51.9 Å². The second-order valence-corrected chi connectivity index (χ2v) is 8.06. The standard InChI is InChI=1S/C22H26N2S/c1-16-5-7-17(8-6-16)15-24-11-3-4-19(24)12-18-14-23-22-10-9-20(25-2)13-21(18)22/h5-10,13-14,19,23H,3-4,11-12,15H2,1-2H3. The Morgan fingerprint density at radius 2 is 2.00 bits per heavy atom. The van der Waals surface area contributed by atoms with Crippen LogP contribution in [-0.2, 0) is 13.0 Å². The summed E-state index contributed by atoms with van der Waals surface area (Å²) in [5.41, 5.74) is 5.49. The first-order valence-corrected chi connectivity index (χ1v) is 10.4. The Balaban J connectivity index is 1.52. The van der Waals surface area contributed by atoms with Crippen molar-refractivity contribution in [2.24, 2.45) is 0 Å². The summed E-state index contributed by atoms with van der Waals surface area (Å²) in [5, 5.41) is 1.40. The van der Waals surface area contributed by atoms with Gasteiger partial charge in [0.15, 0.2) is 0 Å². The number of rotatable bonds is 5. The van der Waals surface area contributed by atoms with Crippen LogP contribution in [0.3, 0.4) is 0 Å². The summed E-state index contributed by atoms with van der Waals surface area (Å²) < 4.78 is 0. The lowest BCUT2D eigenvalue weighted by molar-refractivity contribution is 0.244. The average Bonchev–Trinajstić information content (AvgIpc) is 3.24. The van der Waals surface area contributed by atoms with Crippen molar-refractivity contribution in [3.05, 3.63) is 65.4 Å². The second kappa shape index (κ2) is 7.27. The zero-order valence-corrected chi connectivity index (χ0v) is 15.9. The molecule has 1 atom stereocenters. The minimum Gasteiger partial charge on any atom is -0.361 e. The summed E-state index contributed by atoms with van der Waals surface area (Å²) >= 11 is 1.82. The van der Waals surface area contributed by atoms with Crippen molar-refractivity contribution in [2.45, 2.75) is 43.7 Å². The van der Waals surface area contributed by atoms with Crippen LogP contribution in [0.2, 0.25) is 0 Å². The number of aryl methyl sites for hydroxylation is 1. The van der Waals surface area contributed by atoms with Crippen LogP contribution in [0.4, 0.5) is 0 Å². The molecule has 0 radical (unpaired) electrons. The third kappa shape index (κ3) is 3.63. The monoisotopic (exact) mass is 350 g/mol. The van der Waals surface area contributed by atoms with E-state index in [4.69, 9.17) is 0 Å². The van der Waals surface area contributed by atoms with Crippen LogP contribution in [0.1, 0.15) is 29.5 Å². The fraction of sp³-hybridized carbons (Fsp3) is 0.364. The van der Waals surface area contributed by atoms with Gasteiger partial charge in [0, 0.05) is 34.6 Å². The van der Waals surface area contributed by atoms with Crippen molar-refractivity contribution in [3.63, 3.8) is 0 Å². The lowest BCUT2D eigenvalue weighted by Crippen LogP contribution is -2.30. The van der Waals surface area contributed by atoms with Crippen LogP contribution in [0.15, 0.2) is 53.6 Å². The number of hydrogen-bond acceptors (Lipinski definition) is 2. The van der Waals surface area contributed by atoms with Crippen molar-refractivity contribution < 1.29 is 0 Å². The number of nitrogens with zero attached hydrogens (tertiary/aromatic N) is 1. The molecule has 2 aromatic carbocycles. The molecule has 1 aliphatic heterocycles. The molecule has 25 heavy (non-hydrogen) atoms. The molecular weight excluding hydrogens is 324 g/mol. The molecule has 130 valence electrons. The van der Waals surface area contributed by atoms with Crippen molar-refractivity contribution in [1.82, 2.24) is 9.88 Å². The highest BCUT2D eigenvalue weighted by Gasteiger charge is 2.25. The number of hydrogen-bond donors (Lipinski definition) is 1. The van der Waals surface area contributed by atoms with Gasteiger partial charge in [-0.2, -0.15) is 0 Å². The van der Waals surface area contributed by atoms with E-state index in [0.717, 1.165) is 13.0 Å². The molecule has 0 aliphatic carbocycles. The van der Waals surface area contributed by atoms with Gasteiger partial charge in [-0.25, -0.2) is 0 Å². The van der Waals surface area contributed by atoms with Crippen LogP contribution in [-0.4, -0.2) is 28.7 Å². The Bertz CT molecular complexity index is 850. The maximum atomic E-state index is 3.46. The van der Waals surface area contributed by atoms with E-state index in [1.54, 1.807) is 0 Å². The molecular formula is C22H26N2S. The Morgan fingerprint density at radius 3 is 2.80 bits per heavy atom. The van der Waals surface area contributed by atoms with Gasteiger partial charge in [0.1, 0.15) is 0 Å². The van der Waals surface area contributed by atoms with E-state index in [9.17, 15) is 0 Å². The first kappa shape index (κ1) is 16.7. The van der Waals surface area contributed by atoms with E-state index < -0.39 is 0 Å². The highest BCUT2D eigenvalue weighted by Crippen LogP contribution is 2.29. The third-order valence-electron chi connectivity index (χ3n) is 5.44. The number of aromatic nitrogens is 1. The van der Waals surface area contributed by atoms with Crippen LogP contribution >= 0.6 is 11.8 Å². The molecule has 0 spiro atoms. The number of thioether (sulfide) groups is 1. The van der Waals surface area contributed by atoms with Gasteiger partial charge in [0.25, 0.3) is 0 Å². The quantitative estimate of drug-likeness (QED) is 0.621. The molecule has 0 bridgehead atoms. The highest BCUT2D eigenvalue weighted by atomic mass is 32.2. The van der Waals surface area contributed by atoms with Crippen molar-refractivity contribution in [3.8, 4) is 0 Å². The molecule has 1 saturated heterocycles. The van der Waals surface area contributed by atoms with Gasteiger partial charge >= 0.3 is 0 Å². The van der Waals surface area contributed by atoms with E-state index in [-0.39, 0.29) is 0 Å². The third-order valence-corrected chi connectivity index (χ3v) is 6.16. The van der Waals surface area contributed by atoms with Crippen LogP contribution in [0.5, 0.6) is 0 Å². The van der Waals surface area contributed by atoms with Gasteiger partial charge in [-0.05, 0) is 68.3 Å². The first-order chi connectivity index (χ1) is 12.2. The van der Waals surface area contributed by atoms with Crippen molar-refractivity contribution in [1.29, 1.82) is 0 Å². The molecule has 4 rings (SSSR count). The van der Waals surface area contributed by atoms with E-state index >= 15 is 0 Å². The fourth-order valence-electron chi connectivity index (χ4n) is 3.97. The van der Waals surface area contributed by atoms with E-state index in [1.807, 2.05) is 11.8 Å². The van der Waals surface area contributed by atoms with E-state index in [2.05, 4.69) is 71.7 Å². The maximum Gasteiger partial charge on any atom is 0.0457 e. The first-order valence-electron chi connectivity index (χ1n) is 9.16. The number of aromatic amines is 1. The number of nitrogens with one attached hydrogen (secondary N) is 1. The predicted molar refractivity (Wildman–Crippen MR) is 108 cm³/mol. The normalized spacial score (nSPS) is 18.2. The summed E-state index contributed by atoms with van der Waals surface area (Å²) in [4.78, 5) is 7.47. The topological polar surface area (TPSA) is 19.0 Å². The lowest BCUT2D eigenvalue weighted by atomic mass is 10.0. The smallest absolute Gasteiger partial charge is 0.0457 e. The van der Waals surface area contributed by atoms with Gasteiger partial charge in [-0.15, -0.1) is 11.8 Å². The predicted octanol–water partition coefficient (Wildman–Crippen LogP) is 5.41. The summed E-state index contributed by atoms with van der Waals surface area (Å²) in [6.45, 7) is 4.45. The molecule has 0 amide bonds. The van der Waals surface area contributed by atoms with Crippen molar-refractivity contribution in [2.75, 3.05) is 12.8 Å². The molecule has 2 nitrogen and oxygen atoms in total. The summed E-state index contributed by atoms with van der Waals surface area (Å²) in [7, 11) is 0. The van der Waals surface area contributed by atoms with Crippen LogP contribution in [0.25, 0.3) is 10.9 Å². The number of benzene rings is 2. The molecule has 1 aromatic heterocycles. The zero-order valence-electron chi connectivity index (χ0n) is 15.1. The molecule has 3 heteroatoms. The Kier molecular flexibility index (Phi) is 4.87. The van der Waals surface area contributed by atoms with Gasteiger partial charge in [-0.1, -0.05) is 29.8 Å². The van der Waals surface area contributed by atoms with Crippen LogP contribution in [0, 0.1) is 6.92 Å². The van der Waals surface area contributed by atoms with Gasteiger partial charge in [0.05, 0.1) is 0 Å². The molecule has 1 fully saturated rings. The number of H-pyrrole nitrogens is 1. The summed E-state index contributed by atoms with van der Waals surface area (Å²) in [6.07, 6.45) is 8.13. The van der Waals surface area contributed by atoms with Gasteiger partial charge in [-0.3, -0.25) is 4.90 Å². The zero-order chi connectivity index (χ0) is 17.2. The van der Waals surface area contributed by atoms with E-state index in [0.29, 0.717) is 6.04 Å². The fourth-order valence-corrected chi connectivity index (χ4v) is 4.41. The summed E-state index contributed by atoms with van der Waals surface area (Å²) in [6, 6.07) is 16.4.